The first-order chi connectivity index (χ1) is 12.7. The molecule has 3 rings (SSSR count). The van der Waals surface area contributed by atoms with E-state index in [0.717, 1.165) is 16.7 Å². The van der Waals surface area contributed by atoms with E-state index in [1.54, 1.807) is 18.2 Å². The molecule has 0 unspecified atom stereocenters. The Balaban J connectivity index is 1.71. The lowest BCUT2D eigenvalue weighted by molar-refractivity contribution is -0.122. The zero-order chi connectivity index (χ0) is 18.4. The van der Waals surface area contributed by atoms with Gasteiger partial charge < -0.3 is 14.6 Å². The van der Waals surface area contributed by atoms with E-state index in [9.17, 15) is 4.79 Å². The predicted molar refractivity (Wildman–Crippen MR) is 98.6 cm³/mol. The van der Waals surface area contributed by atoms with Crippen LogP contribution < -0.4 is 10.1 Å². The molecule has 1 aromatic heterocycles. The fourth-order valence-corrected chi connectivity index (χ4v) is 2.27. The summed E-state index contributed by atoms with van der Waals surface area (Å²) in [5, 5.41) is 6.68. The molecule has 1 heterocycles. The van der Waals surface area contributed by atoms with Crippen LogP contribution in [0.15, 0.2) is 65.7 Å². The number of aryl methyl sites for hydroxylation is 1. The minimum atomic E-state index is -0.212. The summed E-state index contributed by atoms with van der Waals surface area (Å²) in [5.74, 6) is 1.26. The number of ether oxygens (including phenoxy) is 1. The fourth-order valence-electron chi connectivity index (χ4n) is 2.27. The highest BCUT2D eigenvalue weighted by Gasteiger charge is 2.11. The second-order valence-corrected chi connectivity index (χ2v) is 5.70. The molecule has 6 heteroatoms. The molecule has 1 N–H and O–H groups in total. The lowest BCUT2D eigenvalue weighted by Crippen LogP contribution is -2.28. The third-order valence-electron chi connectivity index (χ3n) is 3.63. The van der Waals surface area contributed by atoms with Crippen LogP contribution in [0.4, 0.5) is 0 Å². The number of hydrogen-bond donors (Lipinski definition) is 1. The number of amides is 1. The van der Waals surface area contributed by atoms with Crippen molar-refractivity contribution in [2.24, 2.45) is 0 Å². The van der Waals surface area contributed by atoms with Gasteiger partial charge in [0.05, 0.1) is 0 Å². The molecular formula is C20H19N3O3. The Morgan fingerprint density at radius 2 is 2.04 bits per heavy atom. The molecule has 1 amide bonds. The van der Waals surface area contributed by atoms with Crippen LogP contribution in [-0.4, -0.2) is 29.2 Å². The first-order valence-electron chi connectivity index (χ1n) is 8.17. The van der Waals surface area contributed by atoms with Crippen LogP contribution in [0.5, 0.6) is 5.75 Å². The zero-order valence-corrected chi connectivity index (χ0v) is 14.4. The van der Waals surface area contributed by atoms with Gasteiger partial charge in [-0.25, -0.2) is 0 Å². The van der Waals surface area contributed by atoms with E-state index in [2.05, 4.69) is 22.0 Å². The quantitative estimate of drug-likeness (QED) is 0.662. The van der Waals surface area contributed by atoms with E-state index >= 15 is 0 Å². The van der Waals surface area contributed by atoms with Crippen LogP contribution in [0.2, 0.25) is 0 Å². The highest BCUT2D eigenvalue weighted by molar-refractivity contribution is 5.77. The van der Waals surface area contributed by atoms with E-state index in [1.807, 2.05) is 43.3 Å². The normalized spacial score (nSPS) is 10.3. The number of nitrogens with zero attached hydrogens (tertiary/aromatic N) is 2. The van der Waals surface area contributed by atoms with Crippen LogP contribution in [0, 0.1) is 6.92 Å². The number of nitrogens with one attached hydrogen (secondary N) is 1. The largest absolute Gasteiger partial charge is 0.484 e. The Hall–Kier alpha value is -3.41. The Bertz CT molecular complexity index is 901. The standard InChI is InChI=1S/C20H19N3O3/c1-3-11-21-18(24)13-25-17-6-4-5-16(12-17)19-22-20(26-23-19)15-9-7-14(2)8-10-15/h3-10,12H,1,11,13H2,2H3,(H,21,24). The summed E-state index contributed by atoms with van der Waals surface area (Å²) in [6.45, 7) is 5.90. The van der Waals surface area contributed by atoms with Crippen LogP contribution in [0.25, 0.3) is 22.8 Å². The smallest absolute Gasteiger partial charge is 0.258 e. The van der Waals surface area contributed by atoms with Gasteiger partial charge in [-0.2, -0.15) is 4.98 Å². The van der Waals surface area contributed by atoms with Gasteiger partial charge in [0.2, 0.25) is 5.82 Å². The van der Waals surface area contributed by atoms with Crippen molar-refractivity contribution < 1.29 is 14.1 Å². The Labute approximate surface area is 151 Å². The Morgan fingerprint density at radius 3 is 2.81 bits per heavy atom. The average molecular weight is 349 g/mol. The second-order valence-electron chi connectivity index (χ2n) is 5.70. The maximum atomic E-state index is 11.6. The van der Waals surface area contributed by atoms with Gasteiger partial charge in [0.15, 0.2) is 6.61 Å². The van der Waals surface area contributed by atoms with E-state index in [1.165, 1.54) is 0 Å². The summed E-state index contributed by atoms with van der Waals surface area (Å²) in [4.78, 5) is 16.0. The molecular weight excluding hydrogens is 330 g/mol. The summed E-state index contributed by atoms with van der Waals surface area (Å²) < 4.78 is 10.9. The number of carbonyl (C=O) groups is 1. The van der Waals surface area contributed by atoms with Gasteiger partial charge in [0, 0.05) is 17.7 Å². The summed E-state index contributed by atoms with van der Waals surface area (Å²) >= 11 is 0. The van der Waals surface area contributed by atoms with E-state index < -0.39 is 0 Å². The van der Waals surface area contributed by atoms with Crippen molar-refractivity contribution in [3.63, 3.8) is 0 Å². The molecule has 0 saturated carbocycles. The molecule has 3 aromatic rings. The maximum Gasteiger partial charge on any atom is 0.258 e. The van der Waals surface area contributed by atoms with Gasteiger partial charge >= 0.3 is 0 Å². The monoisotopic (exact) mass is 349 g/mol. The van der Waals surface area contributed by atoms with Gasteiger partial charge in [-0.15, -0.1) is 6.58 Å². The van der Waals surface area contributed by atoms with Crippen LogP contribution in [0.1, 0.15) is 5.56 Å². The fraction of sp³-hybridized carbons (Fsp3) is 0.150. The lowest BCUT2D eigenvalue weighted by atomic mass is 10.1. The van der Waals surface area contributed by atoms with E-state index in [-0.39, 0.29) is 12.5 Å². The molecule has 132 valence electrons. The van der Waals surface area contributed by atoms with Crippen LogP contribution >= 0.6 is 0 Å². The van der Waals surface area contributed by atoms with Crippen molar-refractivity contribution in [3.05, 3.63) is 66.7 Å². The number of rotatable bonds is 7. The maximum absolute atomic E-state index is 11.6. The molecule has 2 aromatic carbocycles. The second kappa shape index (κ2) is 8.11. The van der Waals surface area contributed by atoms with Crippen molar-refractivity contribution in [2.45, 2.75) is 6.92 Å². The molecule has 0 saturated heterocycles. The van der Waals surface area contributed by atoms with E-state index in [4.69, 9.17) is 9.26 Å². The minimum absolute atomic E-state index is 0.0713. The third kappa shape index (κ3) is 4.36. The molecule has 26 heavy (non-hydrogen) atoms. The molecule has 0 spiro atoms. The van der Waals surface area contributed by atoms with Gasteiger partial charge in [-0.1, -0.05) is 41.1 Å². The summed E-state index contributed by atoms with van der Waals surface area (Å²) in [5.41, 5.74) is 2.77. The average Bonchev–Trinajstić information content (AvgIpc) is 3.16. The van der Waals surface area contributed by atoms with Crippen molar-refractivity contribution in [2.75, 3.05) is 13.2 Å². The molecule has 0 aliphatic heterocycles. The Kier molecular flexibility index (Phi) is 5.43. The highest BCUT2D eigenvalue weighted by Crippen LogP contribution is 2.25. The van der Waals surface area contributed by atoms with Crippen molar-refractivity contribution in [1.82, 2.24) is 15.5 Å². The molecule has 0 bridgehead atoms. The number of benzene rings is 2. The zero-order valence-electron chi connectivity index (χ0n) is 14.4. The van der Waals surface area contributed by atoms with Gasteiger partial charge in [0.1, 0.15) is 5.75 Å². The lowest BCUT2D eigenvalue weighted by Gasteiger charge is -2.06. The first-order valence-corrected chi connectivity index (χ1v) is 8.17. The first kappa shape index (κ1) is 17.4. The Morgan fingerprint density at radius 1 is 1.23 bits per heavy atom. The van der Waals surface area contributed by atoms with Crippen molar-refractivity contribution in [3.8, 4) is 28.6 Å². The summed E-state index contributed by atoms with van der Waals surface area (Å²) in [6.07, 6.45) is 1.61. The molecule has 0 radical (unpaired) electrons. The van der Waals surface area contributed by atoms with Crippen LogP contribution in [-0.2, 0) is 4.79 Å². The number of carbonyl (C=O) groups excluding carboxylic acids is 1. The van der Waals surface area contributed by atoms with Gasteiger partial charge in [-0.3, -0.25) is 4.79 Å². The molecule has 0 aliphatic rings. The predicted octanol–water partition coefficient (Wildman–Crippen LogP) is 3.39. The SMILES string of the molecule is C=CCNC(=O)COc1cccc(-c2noc(-c3ccc(C)cc3)n2)c1. The molecule has 0 fully saturated rings. The van der Waals surface area contributed by atoms with Gasteiger partial charge in [-0.05, 0) is 31.2 Å². The third-order valence-corrected chi connectivity index (χ3v) is 3.63. The van der Waals surface area contributed by atoms with E-state index in [0.29, 0.717) is 24.0 Å². The molecule has 0 atom stereocenters. The summed E-state index contributed by atoms with van der Waals surface area (Å²) in [7, 11) is 0. The number of hydrogen-bond acceptors (Lipinski definition) is 5. The number of aromatic nitrogens is 2. The highest BCUT2D eigenvalue weighted by atomic mass is 16.5. The molecule has 6 nitrogen and oxygen atoms in total. The van der Waals surface area contributed by atoms with Crippen molar-refractivity contribution >= 4 is 5.91 Å². The molecule has 0 aliphatic carbocycles. The summed E-state index contributed by atoms with van der Waals surface area (Å²) in [6, 6.07) is 15.1. The van der Waals surface area contributed by atoms with Crippen molar-refractivity contribution in [1.29, 1.82) is 0 Å². The minimum Gasteiger partial charge on any atom is -0.484 e. The topological polar surface area (TPSA) is 77.2 Å². The van der Waals surface area contributed by atoms with Crippen LogP contribution in [0.3, 0.4) is 0 Å². The van der Waals surface area contributed by atoms with Gasteiger partial charge in [0.25, 0.3) is 11.8 Å².